The van der Waals surface area contributed by atoms with Crippen LogP contribution in [0.1, 0.15) is 12.1 Å². The van der Waals surface area contributed by atoms with Crippen molar-refractivity contribution in [1.82, 2.24) is 9.97 Å². The summed E-state index contributed by atoms with van der Waals surface area (Å²) in [6.45, 7) is 3.68. The number of nitrogens with two attached hydrogens (primary N) is 1. The molecule has 0 saturated heterocycles. The summed E-state index contributed by atoms with van der Waals surface area (Å²) in [5.74, 6) is 0. The van der Waals surface area contributed by atoms with Gasteiger partial charge >= 0.3 is 6.18 Å². The number of alkyl halides is 3. The average molecular weight is 486 g/mol. The smallest absolute Gasteiger partial charge is 0.404 e. The quantitative estimate of drug-likeness (QED) is 0.238. The highest BCUT2D eigenvalue weighted by Crippen LogP contribution is 2.32. The fraction of sp³-hybridized carbons (Fsp3) is 0.0870. The van der Waals surface area contributed by atoms with E-state index >= 15 is 0 Å². The second kappa shape index (κ2) is 10.3. The Balaban J connectivity index is 1.97. The third-order valence-electron chi connectivity index (χ3n) is 4.60. The molecule has 0 bridgehead atoms. The van der Waals surface area contributed by atoms with Gasteiger partial charge in [-0.25, -0.2) is 4.99 Å². The van der Waals surface area contributed by atoms with Crippen LogP contribution in [0.2, 0.25) is 5.02 Å². The van der Waals surface area contributed by atoms with Gasteiger partial charge in [-0.15, -0.1) is 0 Å². The number of pyridine rings is 2. The zero-order valence-corrected chi connectivity index (χ0v) is 18.4. The SMILES string of the molecule is C=C(Nc1cnc(C(=N)CC=N)c(Cl)c1)C(=CN)C(=Nc1cccc2ncccc12)C(F)(F)F. The zero-order chi connectivity index (χ0) is 24.9. The molecule has 2 aromatic heterocycles. The van der Waals surface area contributed by atoms with Gasteiger partial charge in [-0.1, -0.05) is 24.2 Å². The van der Waals surface area contributed by atoms with Gasteiger partial charge in [-0.2, -0.15) is 13.2 Å². The average Bonchev–Trinajstić information content (AvgIpc) is 2.78. The first-order valence-electron chi connectivity index (χ1n) is 9.76. The molecule has 1 aromatic carbocycles. The van der Waals surface area contributed by atoms with Gasteiger partial charge in [0.05, 0.1) is 33.8 Å². The van der Waals surface area contributed by atoms with Crippen LogP contribution in [0.25, 0.3) is 10.9 Å². The molecule has 2 heterocycles. The van der Waals surface area contributed by atoms with E-state index in [-0.39, 0.29) is 39.9 Å². The van der Waals surface area contributed by atoms with Crippen LogP contribution in [-0.2, 0) is 0 Å². The Labute approximate surface area is 197 Å². The minimum Gasteiger partial charge on any atom is -0.404 e. The van der Waals surface area contributed by atoms with E-state index < -0.39 is 17.5 Å². The third kappa shape index (κ3) is 5.46. The van der Waals surface area contributed by atoms with E-state index in [1.165, 1.54) is 24.5 Å². The molecule has 0 aliphatic heterocycles. The van der Waals surface area contributed by atoms with Crippen LogP contribution in [0, 0.1) is 10.8 Å². The zero-order valence-electron chi connectivity index (χ0n) is 17.6. The summed E-state index contributed by atoms with van der Waals surface area (Å²) < 4.78 is 42.1. The van der Waals surface area contributed by atoms with Gasteiger partial charge in [-0.05, 0) is 30.3 Å². The summed E-state index contributed by atoms with van der Waals surface area (Å²) in [4.78, 5) is 12.1. The molecule has 11 heteroatoms. The van der Waals surface area contributed by atoms with E-state index in [1.807, 2.05) is 0 Å². The molecule has 5 N–H and O–H groups in total. The number of aromatic nitrogens is 2. The van der Waals surface area contributed by atoms with Crippen LogP contribution >= 0.6 is 11.6 Å². The number of nitrogens with one attached hydrogen (secondary N) is 3. The lowest BCUT2D eigenvalue weighted by Gasteiger charge is -2.18. The Kier molecular flexibility index (Phi) is 7.42. The van der Waals surface area contributed by atoms with E-state index in [4.69, 9.17) is 28.2 Å². The molecule has 34 heavy (non-hydrogen) atoms. The van der Waals surface area contributed by atoms with Crippen molar-refractivity contribution >= 4 is 51.5 Å². The van der Waals surface area contributed by atoms with Gasteiger partial charge in [0.1, 0.15) is 5.69 Å². The molecule has 0 amide bonds. The van der Waals surface area contributed by atoms with Crippen molar-refractivity contribution in [1.29, 1.82) is 10.8 Å². The van der Waals surface area contributed by atoms with Crippen LogP contribution in [0.4, 0.5) is 24.5 Å². The first kappa shape index (κ1) is 24.6. The predicted octanol–water partition coefficient (Wildman–Crippen LogP) is 5.79. The molecular weight excluding hydrogens is 467 g/mol. The van der Waals surface area contributed by atoms with Crippen LogP contribution in [0.5, 0.6) is 0 Å². The summed E-state index contributed by atoms with van der Waals surface area (Å²) in [5.41, 5.74) is 4.67. The molecule has 0 aliphatic rings. The number of rotatable bonds is 8. The van der Waals surface area contributed by atoms with E-state index in [9.17, 15) is 13.2 Å². The molecule has 3 rings (SSSR count). The van der Waals surface area contributed by atoms with Gasteiger partial charge in [0.25, 0.3) is 0 Å². The normalized spacial score (nSPS) is 12.5. The number of nitrogens with zero attached hydrogens (tertiary/aromatic N) is 3. The lowest BCUT2D eigenvalue weighted by atomic mass is 10.1. The fourth-order valence-electron chi connectivity index (χ4n) is 3.07. The topological polar surface area (TPSA) is 124 Å². The Morgan fingerprint density at radius 1 is 1.24 bits per heavy atom. The summed E-state index contributed by atoms with van der Waals surface area (Å²) >= 11 is 6.16. The third-order valence-corrected chi connectivity index (χ3v) is 4.89. The number of hydrogen-bond acceptors (Lipinski definition) is 7. The molecule has 0 radical (unpaired) electrons. The monoisotopic (exact) mass is 485 g/mol. The van der Waals surface area contributed by atoms with Gasteiger partial charge in [0, 0.05) is 41.7 Å². The van der Waals surface area contributed by atoms with Crippen molar-refractivity contribution in [3.63, 3.8) is 0 Å². The lowest BCUT2D eigenvalue weighted by Crippen LogP contribution is -2.27. The van der Waals surface area contributed by atoms with Crippen molar-refractivity contribution in [3.8, 4) is 0 Å². The molecule has 0 fully saturated rings. The van der Waals surface area contributed by atoms with Gasteiger partial charge in [-0.3, -0.25) is 9.97 Å². The lowest BCUT2D eigenvalue weighted by molar-refractivity contribution is -0.0580. The molecule has 0 atom stereocenters. The van der Waals surface area contributed by atoms with Gasteiger partial charge < -0.3 is 21.9 Å². The number of hydrogen-bond donors (Lipinski definition) is 4. The minimum atomic E-state index is -4.85. The van der Waals surface area contributed by atoms with Crippen LogP contribution < -0.4 is 11.1 Å². The van der Waals surface area contributed by atoms with E-state index in [1.54, 1.807) is 24.3 Å². The van der Waals surface area contributed by atoms with E-state index in [0.29, 0.717) is 10.9 Å². The van der Waals surface area contributed by atoms with Crippen molar-refractivity contribution in [2.75, 3.05) is 5.32 Å². The summed E-state index contributed by atoms with van der Waals surface area (Å²) in [7, 11) is 0. The Morgan fingerprint density at radius 3 is 2.65 bits per heavy atom. The number of aliphatic imine (C=N–C) groups is 1. The highest BCUT2D eigenvalue weighted by Gasteiger charge is 2.39. The number of anilines is 1. The van der Waals surface area contributed by atoms with Crippen molar-refractivity contribution in [2.45, 2.75) is 12.6 Å². The van der Waals surface area contributed by atoms with Crippen LogP contribution in [0.3, 0.4) is 0 Å². The molecule has 3 aromatic rings. The van der Waals surface area contributed by atoms with E-state index in [2.05, 4.69) is 26.9 Å². The Hall–Kier alpha value is -4.05. The molecular formula is C23H19ClF3N7. The van der Waals surface area contributed by atoms with Crippen molar-refractivity contribution in [3.05, 3.63) is 83.6 Å². The number of allylic oxidation sites excluding steroid dienone is 1. The molecule has 7 nitrogen and oxygen atoms in total. The standard InChI is InChI=1S/C23H19ClF3N7/c1-13(33-14-10-17(24)21(32-12-14)18(30)7-8-28)16(11-29)22(23(25,26)27)34-20-6-2-5-19-15(20)4-3-9-31-19/h2-6,8-12,28,30,33H,1,7,29H2. The first-order valence-corrected chi connectivity index (χ1v) is 10.1. The summed E-state index contributed by atoms with van der Waals surface area (Å²) in [5, 5.41) is 18.2. The van der Waals surface area contributed by atoms with Crippen LogP contribution in [-0.4, -0.2) is 33.8 Å². The van der Waals surface area contributed by atoms with Gasteiger partial charge in [0.15, 0.2) is 5.71 Å². The molecule has 0 saturated carbocycles. The van der Waals surface area contributed by atoms with Crippen LogP contribution in [0.15, 0.2) is 77.8 Å². The minimum absolute atomic E-state index is 0.0315. The van der Waals surface area contributed by atoms with Crippen molar-refractivity contribution in [2.24, 2.45) is 10.7 Å². The second-order valence-corrected chi connectivity index (χ2v) is 7.34. The number of fused-ring (bicyclic) bond motifs is 1. The largest absolute Gasteiger partial charge is 0.434 e. The molecule has 0 unspecified atom stereocenters. The van der Waals surface area contributed by atoms with Gasteiger partial charge in [0.2, 0.25) is 0 Å². The fourth-order valence-corrected chi connectivity index (χ4v) is 3.35. The number of halogens is 4. The van der Waals surface area contributed by atoms with Crippen molar-refractivity contribution < 1.29 is 13.2 Å². The summed E-state index contributed by atoms with van der Waals surface area (Å²) in [6, 6.07) is 9.31. The Morgan fingerprint density at radius 2 is 2.00 bits per heavy atom. The van der Waals surface area contributed by atoms with E-state index in [0.717, 1.165) is 12.4 Å². The maximum absolute atomic E-state index is 14.0. The molecule has 0 aliphatic carbocycles. The predicted molar refractivity (Wildman–Crippen MR) is 129 cm³/mol. The second-order valence-electron chi connectivity index (χ2n) is 6.93. The maximum atomic E-state index is 14.0. The summed E-state index contributed by atoms with van der Waals surface area (Å²) in [6.07, 6.45) is -0.164. The highest BCUT2D eigenvalue weighted by molar-refractivity contribution is 6.34. The first-order chi connectivity index (χ1) is 16.2. The maximum Gasteiger partial charge on any atom is 0.434 e. The molecule has 174 valence electrons. The molecule has 0 spiro atoms. The Bertz CT molecular complexity index is 1320. The number of benzene rings is 1. The highest BCUT2D eigenvalue weighted by atomic mass is 35.5.